The number of rotatable bonds is 9. The molecule has 3 rings (SSSR count). The van der Waals surface area contributed by atoms with Crippen LogP contribution in [0, 0.1) is 5.82 Å². The molecule has 1 atom stereocenters. The number of thioether (sulfide) groups is 1. The number of hydrogen-bond acceptors (Lipinski definition) is 8. The topological polar surface area (TPSA) is 94.8 Å². The summed E-state index contributed by atoms with van der Waals surface area (Å²) in [5, 5.41) is 21.2. The Balaban J connectivity index is 1.63. The van der Waals surface area contributed by atoms with Crippen LogP contribution in [0.15, 0.2) is 23.4 Å². The molecule has 2 heterocycles. The summed E-state index contributed by atoms with van der Waals surface area (Å²) >= 11 is 8.65. The Morgan fingerprint density at radius 1 is 1.33 bits per heavy atom. The molecule has 1 amide bonds. The van der Waals surface area contributed by atoms with Gasteiger partial charge in [-0.15, -0.1) is 20.4 Å². The first kappa shape index (κ1) is 22.4. The van der Waals surface area contributed by atoms with Crippen LogP contribution in [0.3, 0.4) is 0 Å². The number of aryl methyl sites for hydroxylation is 1. The van der Waals surface area contributed by atoms with Gasteiger partial charge in [0.1, 0.15) is 16.6 Å². The highest BCUT2D eigenvalue weighted by atomic mass is 35.5. The van der Waals surface area contributed by atoms with E-state index < -0.39 is 11.9 Å². The van der Waals surface area contributed by atoms with Crippen molar-refractivity contribution in [2.45, 2.75) is 45.0 Å². The minimum absolute atomic E-state index is 0.151. The van der Waals surface area contributed by atoms with E-state index in [1.54, 1.807) is 6.92 Å². The quantitative estimate of drug-likeness (QED) is 0.464. The highest BCUT2D eigenvalue weighted by molar-refractivity contribution is 7.99. The van der Waals surface area contributed by atoms with E-state index in [4.69, 9.17) is 16.3 Å². The Kier molecular flexibility index (Phi) is 7.62. The molecule has 0 aliphatic heterocycles. The predicted octanol–water partition coefficient (Wildman–Crippen LogP) is 4.38. The Labute approximate surface area is 186 Å². The number of nitrogens with zero attached hydrogens (tertiary/aromatic N) is 5. The molecule has 12 heteroatoms. The maximum Gasteiger partial charge on any atom is 0.236 e. The van der Waals surface area contributed by atoms with Crippen molar-refractivity contribution in [3.63, 3.8) is 0 Å². The largest absolute Gasteiger partial charge is 0.481 e. The lowest BCUT2D eigenvalue weighted by Crippen LogP contribution is -2.15. The average Bonchev–Trinajstić information content (AvgIpc) is 3.34. The summed E-state index contributed by atoms with van der Waals surface area (Å²) in [5.74, 6) is 0.449. The Bertz CT molecular complexity index is 1030. The van der Waals surface area contributed by atoms with E-state index in [0.29, 0.717) is 28.4 Å². The van der Waals surface area contributed by atoms with E-state index in [1.165, 1.54) is 41.3 Å². The van der Waals surface area contributed by atoms with Gasteiger partial charge in [-0.3, -0.25) is 10.1 Å². The molecule has 160 valence electrons. The van der Waals surface area contributed by atoms with Gasteiger partial charge in [-0.1, -0.05) is 41.6 Å². The minimum Gasteiger partial charge on any atom is -0.481 e. The fourth-order valence-electron chi connectivity index (χ4n) is 2.55. The maximum absolute atomic E-state index is 13.2. The van der Waals surface area contributed by atoms with Gasteiger partial charge in [0, 0.05) is 6.54 Å². The van der Waals surface area contributed by atoms with E-state index in [0.717, 1.165) is 11.4 Å². The summed E-state index contributed by atoms with van der Waals surface area (Å²) in [5.41, 5.74) is 0. The van der Waals surface area contributed by atoms with Gasteiger partial charge in [0.15, 0.2) is 17.1 Å². The number of aromatic nitrogens is 5. The molecule has 0 saturated heterocycles. The van der Waals surface area contributed by atoms with Crippen molar-refractivity contribution in [3.8, 4) is 5.75 Å². The number of anilines is 1. The third kappa shape index (κ3) is 5.46. The van der Waals surface area contributed by atoms with Gasteiger partial charge in [-0.25, -0.2) is 4.39 Å². The first-order valence-electron chi connectivity index (χ1n) is 9.21. The smallest absolute Gasteiger partial charge is 0.236 e. The molecule has 1 aromatic carbocycles. The normalized spacial score (nSPS) is 12.0. The van der Waals surface area contributed by atoms with Gasteiger partial charge >= 0.3 is 0 Å². The van der Waals surface area contributed by atoms with E-state index in [-0.39, 0.29) is 16.7 Å². The zero-order chi connectivity index (χ0) is 21.7. The van der Waals surface area contributed by atoms with Crippen molar-refractivity contribution in [3.05, 3.63) is 39.9 Å². The van der Waals surface area contributed by atoms with Crippen molar-refractivity contribution in [1.82, 2.24) is 25.0 Å². The first-order chi connectivity index (χ1) is 14.4. The molecular weight excluding hydrogens is 451 g/mol. The van der Waals surface area contributed by atoms with Gasteiger partial charge in [0.25, 0.3) is 0 Å². The van der Waals surface area contributed by atoms with Gasteiger partial charge in [0.05, 0.1) is 10.8 Å². The molecule has 0 spiro atoms. The zero-order valence-electron chi connectivity index (χ0n) is 16.6. The van der Waals surface area contributed by atoms with E-state index in [1.807, 2.05) is 18.4 Å². The van der Waals surface area contributed by atoms with Crippen LogP contribution in [-0.4, -0.2) is 36.6 Å². The average molecular weight is 471 g/mol. The number of halogens is 2. The summed E-state index contributed by atoms with van der Waals surface area (Å²) < 4.78 is 20.9. The minimum atomic E-state index is -0.475. The second kappa shape index (κ2) is 10.2. The molecule has 8 nitrogen and oxygen atoms in total. The monoisotopic (exact) mass is 470 g/mol. The molecule has 0 radical (unpaired) electrons. The number of carbonyl (C=O) groups excluding carboxylic acids is 1. The van der Waals surface area contributed by atoms with Crippen LogP contribution in [0.25, 0.3) is 0 Å². The SMILES string of the molecule is CCc1nnc(NC(=O)CSc2nnc(C(C)Oc3ccc(F)cc3Cl)n2CC)s1. The van der Waals surface area contributed by atoms with Crippen molar-refractivity contribution < 1.29 is 13.9 Å². The van der Waals surface area contributed by atoms with Crippen LogP contribution < -0.4 is 10.1 Å². The first-order valence-corrected chi connectivity index (χ1v) is 11.4. The molecule has 0 aliphatic carbocycles. The van der Waals surface area contributed by atoms with Crippen LogP contribution in [0.2, 0.25) is 5.02 Å². The number of benzene rings is 1. The highest BCUT2D eigenvalue weighted by Crippen LogP contribution is 2.30. The lowest BCUT2D eigenvalue weighted by atomic mass is 10.3. The molecule has 3 aromatic rings. The van der Waals surface area contributed by atoms with E-state index >= 15 is 0 Å². The third-order valence-corrected chi connectivity index (χ3v) is 6.22. The Morgan fingerprint density at radius 3 is 2.80 bits per heavy atom. The van der Waals surface area contributed by atoms with Crippen molar-refractivity contribution >= 4 is 45.7 Å². The van der Waals surface area contributed by atoms with Crippen molar-refractivity contribution in [1.29, 1.82) is 0 Å². The fraction of sp³-hybridized carbons (Fsp3) is 0.389. The number of nitrogens with one attached hydrogen (secondary N) is 1. The zero-order valence-corrected chi connectivity index (χ0v) is 18.9. The van der Waals surface area contributed by atoms with E-state index in [9.17, 15) is 9.18 Å². The van der Waals surface area contributed by atoms with E-state index in [2.05, 4.69) is 25.7 Å². The molecule has 1 unspecified atom stereocenters. The second-order valence-corrected chi connectivity index (χ2v) is 8.52. The molecule has 2 aromatic heterocycles. The van der Waals surface area contributed by atoms with Gasteiger partial charge in [-0.2, -0.15) is 0 Å². The van der Waals surface area contributed by atoms with Crippen molar-refractivity contribution in [2.75, 3.05) is 11.1 Å². The summed E-state index contributed by atoms with van der Waals surface area (Å²) in [4.78, 5) is 12.2. The van der Waals surface area contributed by atoms with Crippen molar-refractivity contribution in [2.24, 2.45) is 0 Å². The standard InChI is InChI=1S/C18H20ClFN6O2S2/c1-4-15-22-24-17(30-15)21-14(27)9-29-18-25-23-16(26(18)5-2)10(3)28-13-7-6-11(20)8-12(13)19/h6-8,10H,4-5,9H2,1-3H3,(H,21,24,27). The number of hydrogen-bond donors (Lipinski definition) is 1. The summed E-state index contributed by atoms with van der Waals surface area (Å²) in [6.45, 7) is 6.32. The maximum atomic E-state index is 13.2. The van der Waals surface area contributed by atoms with Crippen LogP contribution in [0.5, 0.6) is 5.75 Å². The summed E-state index contributed by atoms with van der Waals surface area (Å²) in [6, 6.07) is 3.94. The second-order valence-electron chi connectivity index (χ2n) is 6.11. The molecule has 0 aliphatic rings. The summed E-state index contributed by atoms with van der Waals surface area (Å²) in [6.07, 6.45) is 0.297. The predicted molar refractivity (Wildman–Crippen MR) is 115 cm³/mol. The van der Waals surface area contributed by atoms with Gasteiger partial charge < -0.3 is 9.30 Å². The van der Waals surface area contributed by atoms with Crippen LogP contribution in [0.4, 0.5) is 9.52 Å². The van der Waals surface area contributed by atoms with Crippen LogP contribution in [-0.2, 0) is 17.8 Å². The molecule has 1 N–H and O–H groups in total. The molecule has 0 bridgehead atoms. The van der Waals surface area contributed by atoms with Crippen LogP contribution in [0.1, 0.15) is 37.7 Å². The lowest BCUT2D eigenvalue weighted by molar-refractivity contribution is -0.113. The number of ether oxygens (including phenoxy) is 1. The fourth-order valence-corrected chi connectivity index (χ4v) is 4.27. The molecule has 0 saturated carbocycles. The van der Waals surface area contributed by atoms with Crippen LogP contribution >= 0.6 is 34.7 Å². The summed E-state index contributed by atoms with van der Waals surface area (Å²) in [7, 11) is 0. The Morgan fingerprint density at radius 2 is 2.13 bits per heavy atom. The van der Waals surface area contributed by atoms with Gasteiger partial charge in [0.2, 0.25) is 11.0 Å². The lowest BCUT2D eigenvalue weighted by Gasteiger charge is -2.16. The highest BCUT2D eigenvalue weighted by Gasteiger charge is 2.20. The molecule has 30 heavy (non-hydrogen) atoms. The third-order valence-electron chi connectivity index (χ3n) is 3.97. The number of carbonyl (C=O) groups is 1. The van der Waals surface area contributed by atoms with Gasteiger partial charge in [-0.05, 0) is 38.5 Å². The Hall–Kier alpha value is -2.24. The number of amides is 1. The molecule has 0 fully saturated rings. The molecular formula is C18H20ClFN6O2S2.